The summed E-state index contributed by atoms with van der Waals surface area (Å²) in [7, 11) is 0. The highest BCUT2D eigenvalue weighted by molar-refractivity contribution is 7.03. The third-order valence-electron chi connectivity index (χ3n) is 16.7. The van der Waals surface area contributed by atoms with Gasteiger partial charge in [-0.05, 0) is 166 Å². The molecule has 0 amide bonds. The molecule has 0 radical (unpaired) electrons. The molecule has 0 atom stereocenters. The molecular formula is C72H68BN3. The molecule has 0 spiro atoms. The lowest BCUT2D eigenvalue weighted by Gasteiger charge is -2.46. The minimum Gasteiger partial charge on any atom is -0.311 e. The van der Waals surface area contributed by atoms with Crippen LogP contribution in [-0.2, 0) is 21.7 Å². The zero-order chi connectivity index (χ0) is 52.8. The van der Waals surface area contributed by atoms with Crippen molar-refractivity contribution in [2.24, 2.45) is 0 Å². The first-order chi connectivity index (χ1) is 36.2. The second kappa shape index (κ2) is 16.8. The maximum absolute atomic E-state index is 2.66. The van der Waals surface area contributed by atoms with E-state index in [0.29, 0.717) is 0 Å². The van der Waals surface area contributed by atoms with E-state index in [-0.39, 0.29) is 28.4 Å². The minimum atomic E-state index is -0.0913. The van der Waals surface area contributed by atoms with E-state index in [9.17, 15) is 0 Å². The summed E-state index contributed by atoms with van der Waals surface area (Å²) in [4.78, 5) is 5.32. The maximum atomic E-state index is 2.66. The smallest absolute Gasteiger partial charge is 0.253 e. The molecule has 0 aliphatic carbocycles. The summed E-state index contributed by atoms with van der Waals surface area (Å²) in [6, 6.07) is 74.7. The van der Waals surface area contributed by atoms with Gasteiger partial charge in [0.25, 0.3) is 6.71 Å². The molecule has 11 aromatic rings. The van der Waals surface area contributed by atoms with Gasteiger partial charge in [-0.2, -0.15) is 0 Å². The molecule has 2 aliphatic heterocycles. The van der Waals surface area contributed by atoms with Gasteiger partial charge in [0.2, 0.25) is 0 Å². The predicted octanol–water partition coefficient (Wildman–Crippen LogP) is 18.0. The van der Waals surface area contributed by atoms with Crippen LogP contribution >= 0.6 is 0 Å². The van der Waals surface area contributed by atoms with Crippen molar-refractivity contribution >= 4 is 101 Å². The van der Waals surface area contributed by atoms with Gasteiger partial charge in [-0.25, -0.2) is 0 Å². The van der Waals surface area contributed by atoms with E-state index >= 15 is 0 Å². The number of hydrogen-bond donors (Lipinski definition) is 0. The van der Waals surface area contributed by atoms with E-state index in [1.54, 1.807) is 0 Å². The van der Waals surface area contributed by atoms with E-state index < -0.39 is 0 Å². The third kappa shape index (κ3) is 7.61. The highest BCUT2D eigenvalue weighted by Gasteiger charge is 2.46. The molecule has 374 valence electrons. The Balaban J connectivity index is 1.21. The van der Waals surface area contributed by atoms with Crippen LogP contribution in [0, 0.1) is 0 Å². The number of benzene rings is 10. The van der Waals surface area contributed by atoms with E-state index in [4.69, 9.17) is 0 Å². The number of nitrogens with zero attached hydrogens (tertiary/aromatic N) is 3. The summed E-state index contributed by atoms with van der Waals surface area (Å²) in [5, 5.41) is 7.57. The van der Waals surface area contributed by atoms with Crippen molar-refractivity contribution in [2.75, 3.05) is 9.80 Å². The Kier molecular flexibility index (Phi) is 10.6. The van der Waals surface area contributed by atoms with Crippen molar-refractivity contribution in [3.8, 4) is 16.8 Å². The molecule has 10 aromatic carbocycles. The molecule has 3 heterocycles. The second-order valence-electron chi connectivity index (χ2n) is 25.9. The van der Waals surface area contributed by atoms with Crippen LogP contribution in [0.3, 0.4) is 0 Å². The molecule has 0 fully saturated rings. The molecule has 3 nitrogen and oxygen atoms in total. The molecule has 76 heavy (non-hydrogen) atoms. The monoisotopic (exact) mass is 986 g/mol. The van der Waals surface area contributed by atoms with Gasteiger partial charge in [0.1, 0.15) is 0 Å². The standard InChI is InChI=1S/C72H68BN3/c1-69(2,3)49-39-50(70(4,5)6)42-54(41-49)75-61-34-31-45-22-16-18-26-56(45)66(61)73-67-57-27-19-17-23-46(57)32-35-62(67)76(55-43-51(71(7,8)9)40-52(44-55)72(10,11)12)65-38-48(37-64(75)68(65)73)47-30-33-59-58-28-20-21-29-60(58)74(63(59)36-47)53-24-14-13-15-25-53/h13-44H,1-12H3. The fourth-order valence-corrected chi connectivity index (χ4v) is 12.5. The number of fused-ring (bicyclic) bond motifs is 11. The summed E-state index contributed by atoms with van der Waals surface area (Å²) in [6.45, 7) is 28.2. The van der Waals surface area contributed by atoms with Crippen LogP contribution in [0.2, 0.25) is 0 Å². The molecule has 0 bridgehead atoms. The van der Waals surface area contributed by atoms with Gasteiger partial charge in [0.15, 0.2) is 0 Å². The maximum Gasteiger partial charge on any atom is 0.253 e. The largest absolute Gasteiger partial charge is 0.311 e. The lowest BCUT2D eigenvalue weighted by Crippen LogP contribution is -2.61. The highest BCUT2D eigenvalue weighted by atomic mass is 15.2. The first-order valence-corrected chi connectivity index (χ1v) is 27.4. The zero-order valence-electron chi connectivity index (χ0n) is 46.4. The second-order valence-corrected chi connectivity index (χ2v) is 25.9. The third-order valence-corrected chi connectivity index (χ3v) is 16.7. The van der Waals surface area contributed by atoms with Crippen LogP contribution in [0.25, 0.3) is 60.2 Å². The van der Waals surface area contributed by atoms with Gasteiger partial charge in [-0.3, -0.25) is 0 Å². The average Bonchev–Trinajstić information content (AvgIpc) is 3.86. The van der Waals surface area contributed by atoms with Crippen LogP contribution in [0.1, 0.15) is 105 Å². The lowest BCUT2D eigenvalue weighted by molar-refractivity contribution is 0.568. The van der Waals surface area contributed by atoms with Gasteiger partial charge < -0.3 is 14.4 Å². The average molecular weight is 986 g/mol. The van der Waals surface area contributed by atoms with Crippen molar-refractivity contribution in [1.29, 1.82) is 0 Å². The van der Waals surface area contributed by atoms with Crippen molar-refractivity contribution < 1.29 is 0 Å². The van der Waals surface area contributed by atoms with Gasteiger partial charge in [0, 0.05) is 50.6 Å². The summed E-state index contributed by atoms with van der Waals surface area (Å²) >= 11 is 0. The summed E-state index contributed by atoms with van der Waals surface area (Å²) in [6.07, 6.45) is 0. The molecule has 0 saturated heterocycles. The molecule has 4 heteroatoms. The van der Waals surface area contributed by atoms with E-state index in [1.165, 1.54) is 127 Å². The molecular weight excluding hydrogens is 918 g/mol. The number of anilines is 6. The zero-order valence-corrected chi connectivity index (χ0v) is 46.4. The minimum absolute atomic E-state index is 0.0855. The first-order valence-electron chi connectivity index (χ1n) is 27.4. The normalized spacial score (nSPS) is 13.7. The van der Waals surface area contributed by atoms with E-state index in [0.717, 1.165) is 5.69 Å². The van der Waals surface area contributed by atoms with Crippen LogP contribution in [0.5, 0.6) is 0 Å². The van der Waals surface area contributed by atoms with E-state index in [1.807, 2.05) is 0 Å². The van der Waals surface area contributed by atoms with Crippen molar-refractivity contribution in [3.63, 3.8) is 0 Å². The van der Waals surface area contributed by atoms with Crippen LogP contribution in [0.4, 0.5) is 34.1 Å². The highest BCUT2D eigenvalue weighted by Crippen LogP contribution is 2.50. The summed E-state index contributed by atoms with van der Waals surface area (Å²) in [5.41, 5.74) is 22.1. The Morgan fingerprint density at radius 3 is 1.18 bits per heavy atom. The van der Waals surface area contributed by atoms with Crippen molar-refractivity contribution in [1.82, 2.24) is 4.57 Å². The van der Waals surface area contributed by atoms with Crippen LogP contribution < -0.4 is 26.2 Å². The lowest BCUT2D eigenvalue weighted by atomic mass is 9.32. The Morgan fingerprint density at radius 2 is 0.711 bits per heavy atom. The number of rotatable bonds is 4. The van der Waals surface area contributed by atoms with Crippen LogP contribution in [0.15, 0.2) is 194 Å². The number of aromatic nitrogens is 1. The van der Waals surface area contributed by atoms with E-state index in [2.05, 4.69) is 292 Å². The van der Waals surface area contributed by atoms with Gasteiger partial charge >= 0.3 is 0 Å². The number of para-hydroxylation sites is 2. The first kappa shape index (κ1) is 47.9. The molecule has 1 aromatic heterocycles. The SMILES string of the molecule is CC(C)(C)c1cc(N2c3cc(-c4ccc5c6ccccc6n(-c6ccccc6)c5c4)cc4c3B(c3c2ccc2ccccc32)c2c(ccc3ccccc23)N4c2cc(C(C)(C)C)cc(C(C)(C)C)c2)cc(C(C)(C)C)c1. The molecule has 2 aliphatic rings. The fourth-order valence-electron chi connectivity index (χ4n) is 12.5. The quantitative estimate of drug-likeness (QED) is 0.163. The molecule has 13 rings (SSSR count). The fraction of sp³-hybridized carbons (Fsp3) is 0.222. The summed E-state index contributed by atoms with van der Waals surface area (Å²) < 4.78 is 2.45. The van der Waals surface area contributed by atoms with Gasteiger partial charge in [-0.1, -0.05) is 204 Å². The predicted molar refractivity (Wildman–Crippen MR) is 330 cm³/mol. The Bertz CT molecular complexity index is 3910. The Morgan fingerprint density at radius 1 is 0.289 bits per heavy atom. The van der Waals surface area contributed by atoms with Gasteiger partial charge in [-0.15, -0.1) is 0 Å². The topological polar surface area (TPSA) is 11.4 Å². The van der Waals surface area contributed by atoms with Crippen LogP contribution in [-0.4, -0.2) is 11.3 Å². The van der Waals surface area contributed by atoms with Crippen molar-refractivity contribution in [2.45, 2.75) is 105 Å². The van der Waals surface area contributed by atoms with Gasteiger partial charge in [0.05, 0.1) is 11.0 Å². The Hall–Kier alpha value is -7.82. The van der Waals surface area contributed by atoms with Crippen molar-refractivity contribution in [3.05, 3.63) is 216 Å². The molecule has 0 saturated carbocycles. The molecule has 0 unspecified atom stereocenters. The molecule has 0 N–H and O–H groups in total. The summed E-state index contributed by atoms with van der Waals surface area (Å²) in [5.74, 6) is 0. The number of hydrogen-bond acceptors (Lipinski definition) is 2. The Labute approximate surface area is 450 Å².